The van der Waals surface area contributed by atoms with Crippen LogP contribution in [-0.2, 0) is 0 Å². The van der Waals surface area contributed by atoms with E-state index in [1.807, 2.05) is 60.7 Å². The second kappa shape index (κ2) is 10.4. The molecule has 9 aromatic rings. The lowest BCUT2D eigenvalue weighted by Crippen LogP contribution is -1.91. The summed E-state index contributed by atoms with van der Waals surface area (Å²) in [7, 11) is 0. The number of hydrogen-bond acceptors (Lipinski definition) is 1. The summed E-state index contributed by atoms with van der Waals surface area (Å²) in [6.07, 6.45) is 0. The van der Waals surface area contributed by atoms with Crippen LogP contribution >= 0.6 is 0 Å². The lowest BCUT2D eigenvalue weighted by Gasteiger charge is -2.18. The molecule has 0 aliphatic heterocycles. The lowest BCUT2D eigenvalue weighted by molar-refractivity contribution is 0.669. The smallest absolute Gasteiger partial charge is 0.136 e. The maximum absolute atomic E-state index is 8.81. The van der Waals surface area contributed by atoms with Crippen molar-refractivity contribution in [3.8, 4) is 44.5 Å². The molecule has 0 aliphatic carbocycles. The van der Waals surface area contributed by atoms with Crippen LogP contribution in [0.5, 0.6) is 0 Å². The Morgan fingerprint density at radius 3 is 1.40 bits per heavy atom. The summed E-state index contributed by atoms with van der Waals surface area (Å²) < 4.78 is 90.4. The third-order valence-corrected chi connectivity index (χ3v) is 8.45. The molecule has 0 atom stereocenters. The largest absolute Gasteiger partial charge is 0.456 e. The zero-order chi connectivity index (χ0) is 38.4. The van der Waals surface area contributed by atoms with Crippen molar-refractivity contribution in [3.05, 3.63) is 170 Å². The van der Waals surface area contributed by atoms with Gasteiger partial charge in [-0.2, -0.15) is 0 Å². The summed E-state index contributed by atoms with van der Waals surface area (Å²) in [4.78, 5) is 0. The maximum Gasteiger partial charge on any atom is 0.136 e. The van der Waals surface area contributed by atoms with E-state index in [2.05, 4.69) is 24.3 Å². The predicted octanol–water partition coefficient (Wildman–Crippen LogP) is 12.6. The van der Waals surface area contributed by atoms with E-state index in [-0.39, 0.29) is 47.4 Å². The van der Waals surface area contributed by atoms with E-state index in [1.165, 1.54) is 0 Å². The van der Waals surface area contributed by atoms with E-state index < -0.39 is 24.2 Å². The highest BCUT2D eigenvalue weighted by Gasteiger charge is 2.21. The summed E-state index contributed by atoms with van der Waals surface area (Å²) in [5, 5.41) is 5.23. The van der Waals surface area contributed by atoms with E-state index in [9.17, 15) is 0 Å². The van der Waals surface area contributed by atoms with Crippen LogP contribution < -0.4 is 0 Å². The van der Waals surface area contributed by atoms with Crippen molar-refractivity contribution >= 4 is 43.5 Å². The molecule has 1 heterocycles. The third kappa shape index (κ3) is 4.09. The molecule has 0 saturated heterocycles. The molecule has 1 heteroatoms. The van der Waals surface area contributed by atoms with Gasteiger partial charge in [0.1, 0.15) is 11.2 Å². The zero-order valence-corrected chi connectivity index (χ0v) is 23.8. The fourth-order valence-corrected chi connectivity index (χ4v) is 6.60. The van der Waals surface area contributed by atoms with Gasteiger partial charge in [0, 0.05) is 10.8 Å². The Hall–Kier alpha value is -5.92. The molecule has 0 spiro atoms. The highest BCUT2D eigenvalue weighted by atomic mass is 16.3. The molecular weight excluding hydrogens is 544 g/mol. The van der Waals surface area contributed by atoms with Crippen LogP contribution in [0.4, 0.5) is 0 Å². The monoisotopic (exact) mass is 582 g/mol. The van der Waals surface area contributed by atoms with Crippen molar-refractivity contribution in [1.29, 1.82) is 0 Å². The maximum atomic E-state index is 8.81. The standard InChI is InChI=1S/C44H28O/c1-3-13-29(14-4-1)30-25-27-32(28-26-30)41-34-17-7-9-19-36(34)42(37-20-10-8-18-35(37)41)38-22-12-24-40-44(38)43-33(21-11-23-39(43)45-40)31-15-5-2-6-16-31/h1-28H/i1D,2D,3D,4D,5D,6D,13D,14D,15D,16D. The van der Waals surface area contributed by atoms with Crippen molar-refractivity contribution in [3.63, 3.8) is 0 Å². The Bertz CT molecular complexity index is 2980. The normalized spacial score (nSPS) is 14.7. The van der Waals surface area contributed by atoms with Crippen molar-refractivity contribution in [2.45, 2.75) is 0 Å². The van der Waals surface area contributed by atoms with Gasteiger partial charge in [-0.15, -0.1) is 0 Å². The molecule has 0 unspecified atom stereocenters. The molecule has 8 aromatic carbocycles. The van der Waals surface area contributed by atoms with Gasteiger partial charge in [0.25, 0.3) is 0 Å². The first-order valence-corrected chi connectivity index (χ1v) is 14.6. The number of furan rings is 1. The van der Waals surface area contributed by atoms with Gasteiger partial charge in [-0.3, -0.25) is 0 Å². The van der Waals surface area contributed by atoms with Gasteiger partial charge < -0.3 is 4.42 Å². The summed E-state index contributed by atoms with van der Waals surface area (Å²) >= 11 is 0. The first-order valence-electron chi connectivity index (χ1n) is 19.6. The average molecular weight is 583 g/mol. The Balaban J connectivity index is 1.33. The Labute approximate surface area is 275 Å². The summed E-state index contributed by atoms with van der Waals surface area (Å²) in [6, 6.07) is 31.3. The minimum absolute atomic E-state index is 0.103. The minimum atomic E-state index is -0.453. The zero-order valence-electron chi connectivity index (χ0n) is 33.8. The summed E-state index contributed by atoms with van der Waals surface area (Å²) in [5.74, 6) is 0. The van der Waals surface area contributed by atoms with Gasteiger partial charge in [-0.05, 0) is 78.2 Å². The molecular formula is C44H28O. The van der Waals surface area contributed by atoms with Crippen LogP contribution in [0.25, 0.3) is 88.0 Å². The fraction of sp³-hybridized carbons (Fsp3) is 0. The van der Waals surface area contributed by atoms with Crippen molar-refractivity contribution in [2.24, 2.45) is 0 Å². The third-order valence-electron chi connectivity index (χ3n) is 8.45. The quantitative estimate of drug-likeness (QED) is 0.188. The average Bonchev–Trinajstić information content (AvgIpc) is 3.60. The van der Waals surface area contributed by atoms with E-state index in [0.717, 1.165) is 49.2 Å². The van der Waals surface area contributed by atoms with Crippen LogP contribution in [0.15, 0.2) is 174 Å². The van der Waals surface area contributed by atoms with E-state index >= 15 is 0 Å². The topological polar surface area (TPSA) is 13.1 Å². The molecule has 0 bridgehead atoms. The number of rotatable bonds is 4. The molecule has 0 N–H and O–H groups in total. The van der Waals surface area contributed by atoms with Crippen LogP contribution in [-0.4, -0.2) is 0 Å². The van der Waals surface area contributed by atoms with E-state index in [0.29, 0.717) is 27.7 Å². The number of fused-ring (bicyclic) bond motifs is 5. The molecule has 0 saturated carbocycles. The summed E-state index contributed by atoms with van der Waals surface area (Å²) in [5.41, 5.74) is 5.99. The van der Waals surface area contributed by atoms with Gasteiger partial charge in [0.2, 0.25) is 0 Å². The first kappa shape index (κ1) is 17.4. The van der Waals surface area contributed by atoms with E-state index in [1.54, 1.807) is 24.3 Å². The van der Waals surface area contributed by atoms with Crippen LogP contribution in [0.2, 0.25) is 0 Å². The number of benzene rings is 8. The van der Waals surface area contributed by atoms with Crippen LogP contribution in [0.1, 0.15) is 13.7 Å². The molecule has 1 aromatic heterocycles. The number of hydrogen-bond donors (Lipinski definition) is 0. The molecule has 9 rings (SSSR count). The second-order valence-electron chi connectivity index (χ2n) is 10.9. The Morgan fingerprint density at radius 1 is 0.356 bits per heavy atom. The highest BCUT2D eigenvalue weighted by molar-refractivity contribution is 6.26. The molecule has 0 aliphatic rings. The second-order valence-corrected chi connectivity index (χ2v) is 10.9. The van der Waals surface area contributed by atoms with Gasteiger partial charge in [-0.1, -0.05) is 157 Å². The van der Waals surface area contributed by atoms with Gasteiger partial charge in [0.05, 0.1) is 13.7 Å². The Kier molecular flexibility index (Phi) is 4.01. The highest BCUT2D eigenvalue weighted by Crippen LogP contribution is 2.48. The van der Waals surface area contributed by atoms with Crippen molar-refractivity contribution in [2.75, 3.05) is 0 Å². The molecule has 0 amide bonds. The molecule has 210 valence electrons. The molecule has 0 radical (unpaired) electrons. The van der Waals surface area contributed by atoms with Gasteiger partial charge in [-0.25, -0.2) is 0 Å². The molecule has 0 fully saturated rings. The Morgan fingerprint density at radius 2 is 0.822 bits per heavy atom. The lowest BCUT2D eigenvalue weighted by atomic mass is 9.84. The fourth-order valence-electron chi connectivity index (χ4n) is 6.60. The minimum Gasteiger partial charge on any atom is -0.456 e. The van der Waals surface area contributed by atoms with Crippen LogP contribution in [0, 0.1) is 0 Å². The molecule has 1 nitrogen and oxygen atoms in total. The first-order chi connectivity index (χ1) is 26.5. The summed E-state index contributed by atoms with van der Waals surface area (Å²) in [6.45, 7) is 0. The van der Waals surface area contributed by atoms with Gasteiger partial charge >= 0.3 is 0 Å². The van der Waals surface area contributed by atoms with Crippen molar-refractivity contribution in [1.82, 2.24) is 0 Å². The SMILES string of the molecule is [2H]c1c([2H])c([2H])c(-c2ccc(-c3c4ccccc4c(-c4cccc5oc6cccc(-c7c([2H])c([2H])c([2H])c([2H])c7[2H])c6c45)c4ccccc34)cc2)c([2H])c1[2H]. The van der Waals surface area contributed by atoms with Crippen LogP contribution in [0.3, 0.4) is 0 Å². The molecule has 45 heavy (non-hydrogen) atoms. The van der Waals surface area contributed by atoms with E-state index in [4.69, 9.17) is 18.1 Å². The van der Waals surface area contributed by atoms with Gasteiger partial charge in [0.15, 0.2) is 0 Å². The predicted molar refractivity (Wildman–Crippen MR) is 190 cm³/mol. The van der Waals surface area contributed by atoms with Crippen molar-refractivity contribution < 1.29 is 18.1 Å².